The zero-order valence-electron chi connectivity index (χ0n) is 17.0. The summed E-state index contributed by atoms with van der Waals surface area (Å²) in [5, 5.41) is 9.38. The third-order valence-corrected chi connectivity index (χ3v) is 6.40. The second kappa shape index (κ2) is 6.39. The van der Waals surface area contributed by atoms with Gasteiger partial charge in [-0.1, -0.05) is 32.9 Å². The minimum absolute atomic E-state index is 0.0543. The number of H-pyrrole nitrogens is 1. The fourth-order valence-corrected chi connectivity index (χ4v) is 4.60. The molecule has 2 N–H and O–H groups in total. The molecule has 2 atom stereocenters. The van der Waals surface area contributed by atoms with Gasteiger partial charge >= 0.3 is 0 Å². The van der Waals surface area contributed by atoms with Crippen LogP contribution in [0.2, 0.25) is 0 Å². The standard InChI is InChI=1S/C23H26N4O2/c1-23(2,3)21(29)15-8-24-22-20(15)26-19(9-25-22)13-5-4-6-14(7-13)27-10-16-17(11-27)18(16)12-28/h4-9,16-18,28H,10-12H2,1-3H3,(H,24,25)/t16-,17-/m1/s1. The van der Waals surface area contributed by atoms with E-state index in [4.69, 9.17) is 4.98 Å². The molecule has 0 spiro atoms. The molecule has 2 fully saturated rings. The zero-order chi connectivity index (χ0) is 20.3. The van der Waals surface area contributed by atoms with Gasteiger partial charge in [0.15, 0.2) is 11.4 Å². The average molecular weight is 390 g/mol. The smallest absolute Gasteiger partial charge is 0.171 e. The molecule has 1 aliphatic carbocycles. The monoisotopic (exact) mass is 390 g/mol. The van der Waals surface area contributed by atoms with Crippen LogP contribution in [0.4, 0.5) is 5.69 Å². The summed E-state index contributed by atoms with van der Waals surface area (Å²) in [5.41, 5.74) is 4.30. The quantitative estimate of drug-likeness (QED) is 0.666. The van der Waals surface area contributed by atoms with Gasteiger partial charge in [-0.25, -0.2) is 9.97 Å². The second-order valence-corrected chi connectivity index (χ2v) is 9.36. The number of carbonyl (C=O) groups is 1. The van der Waals surface area contributed by atoms with E-state index in [-0.39, 0.29) is 5.78 Å². The number of carbonyl (C=O) groups excluding carboxylic acids is 1. The third-order valence-electron chi connectivity index (χ3n) is 6.40. The first-order valence-corrected chi connectivity index (χ1v) is 10.2. The zero-order valence-corrected chi connectivity index (χ0v) is 17.0. The molecular weight excluding hydrogens is 364 g/mol. The Morgan fingerprint density at radius 2 is 2.03 bits per heavy atom. The Labute approximate surface area is 170 Å². The lowest BCUT2D eigenvalue weighted by atomic mass is 9.87. The van der Waals surface area contributed by atoms with E-state index in [1.54, 1.807) is 12.4 Å². The highest BCUT2D eigenvalue weighted by Gasteiger charge is 2.55. The van der Waals surface area contributed by atoms with E-state index in [0.29, 0.717) is 41.1 Å². The van der Waals surface area contributed by atoms with Gasteiger partial charge in [0.25, 0.3) is 0 Å². The van der Waals surface area contributed by atoms with Gasteiger partial charge in [0.05, 0.1) is 17.5 Å². The van der Waals surface area contributed by atoms with Crippen LogP contribution in [0.5, 0.6) is 0 Å². The third kappa shape index (κ3) is 3.02. The molecule has 3 aromatic rings. The number of aromatic nitrogens is 3. The van der Waals surface area contributed by atoms with E-state index in [1.807, 2.05) is 32.9 Å². The maximum Gasteiger partial charge on any atom is 0.171 e. The molecule has 5 rings (SSSR count). The molecule has 6 nitrogen and oxygen atoms in total. The number of benzene rings is 1. The van der Waals surface area contributed by atoms with Crippen molar-refractivity contribution in [1.29, 1.82) is 0 Å². The predicted octanol–water partition coefficient (Wildman–Crippen LogP) is 3.53. The molecule has 1 saturated carbocycles. The minimum atomic E-state index is -0.476. The second-order valence-electron chi connectivity index (χ2n) is 9.36. The van der Waals surface area contributed by atoms with Crippen LogP contribution in [0.1, 0.15) is 31.1 Å². The van der Waals surface area contributed by atoms with Gasteiger partial charge in [0, 0.05) is 42.6 Å². The van der Waals surface area contributed by atoms with Crippen LogP contribution in [0.25, 0.3) is 22.4 Å². The molecule has 0 radical (unpaired) electrons. The number of anilines is 1. The van der Waals surface area contributed by atoms with E-state index in [9.17, 15) is 9.90 Å². The number of fused-ring (bicyclic) bond motifs is 2. The van der Waals surface area contributed by atoms with Crippen LogP contribution in [0, 0.1) is 23.2 Å². The van der Waals surface area contributed by atoms with Gasteiger partial charge in [-0.2, -0.15) is 0 Å². The highest BCUT2D eigenvalue weighted by atomic mass is 16.3. The molecule has 0 amide bonds. The molecular formula is C23H26N4O2. The first-order valence-electron chi connectivity index (χ1n) is 10.2. The van der Waals surface area contributed by atoms with E-state index < -0.39 is 5.41 Å². The maximum atomic E-state index is 12.8. The fraction of sp³-hybridized carbons (Fsp3) is 0.435. The van der Waals surface area contributed by atoms with Crippen LogP contribution in [-0.4, -0.2) is 45.5 Å². The van der Waals surface area contributed by atoms with Crippen molar-refractivity contribution in [2.75, 3.05) is 24.6 Å². The Morgan fingerprint density at radius 3 is 2.72 bits per heavy atom. The Hall–Kier alpha value is -2.73. The van der Waals surface area contributed by atoms with Crippen LogP contribution in [0.15, 0.2) is 36.7 Å². The molecule has 2 aliphatic rings. The lowest BCUT2D eigenvalue weighted by Gasteiger charge is -2.22. The summed E-state index contributed by atoms with van der Waals surface area (Å²) in [7, 11) is 0. The molecule has 29 heavy (non-hydrogen) atoms. The van der Waals surface area contributed by atoms with Crippen LogP contribution < -0.4 is 4.90 Å². The molecule has 6 heteroatoms. The number of aliphatic hydroxyl groups excluding tert-OH is 1. The predicted molar refractivity (Wildman–Crippen MR) is 113 cm³/mol. The van der Waals surface area contributed by atoms with Gasteiger partial charge in [0.1, 0.15) is 5.52 Å². The Morgan fingerprint density at radius 1 is 1.28 bits per heavy atom. The van der Waals surface area contributed by atoms with Gasteiger partial charge in [-0.3, -0.25) is 4.79 Å². The van der Waals surface area contributed by atoms with Gasteiger partial charge in [-0.15, -0.1) is 0 Å². The van der Waals surface area contributed by atoms with Crippen molar-refractivity contribution < 1.29 is 9.90 Å². The van der Waals surface area contributed by atoms with Gasteiger partial charge in [-0.05, 0) is 29.9 Å². The van der Waals surface area contributed by atoms with Crippen molar-refractivity contribution in [3.8, 4) is 11.3 Å². The number of aliphatic hydroxyl groups is 1. The normalized spacial score (nSPS) is 23.4. The molecule has 1 aliphatic heterocycles. The van der Waals surface area contributed by atoms with Gasteiger partial charge in [0.2, 0.25) is 0 Å². The molecule has 3 heterocycles. The summed E-state index contributed by atoms with van der Waals surface area (Å²) >= 11 is 0. The number of rotatable bonds is 4. The Bertz CT molecular complexity index is 1090. The van der Waals surface area contributed by atoms with E-state index in [1.165, 1.54) is 5.69 Å². The lowest BCUT2D eigenvalue weighted by molar-refractivity contribution is 0.0860. The summed E-state index contributed by atoms with van der Waals surface area (Å²) in [6, 6.07) is 8.35. The maximum absolute atomic E-state index is 12.8. The number of hydrogen-bond acceptors (Lipinski definition) is 5. The molecule has 1 saturated heterocycles. The molecule has 0 unspecified atom stereocenters. The summed E-state index contributed by atoms with van der Waals surface area (Å²) in [6.45, 7) is 8.06. The van der Waals surface area contributed by atoms with E-state index in [0.717, 1.165) is 24.3 Å². The van der Waals surface area contributed by atoms with Crippen molar-refractivity contribution in [2.45, 2.75) is 20.8 Å². The summed E-state index contributed by atoms with van der Waals surface area (Å²) in [4.78, 5) is 27.5. The van der Waals surface area contributed by atoms with Crippen LogP contribution in [0.3, 0.4) is 0 Å². The molecule has 150 valence electrons. The van der Waals surface area contributed by atoms with Crippen LogP contribution in [-0.2, 0) is 0 Å². The lowest BCUT2D eigenvalue weighted by Crippen LogP contribution is -2.24. The van der Waals surface area contributed by atoms with E-state index in [2.05, 4.69) is 27.0 Å². The minimum Gasteiger partial charge on any atom is -0.396 e. The van der Waals surface area contributed by atoms with Crippen LogP contribution >= 0.6 is 0 Å². The average Bonchev–Trinajstić information content (AvgIpc) is 3.05. The van der Waals surface area contributed by atoms with Crippen molar-refractivity contribution in [3.05, 3.63) is 42.2 Å². The number of piperidine rings is 1. The first-order chi connectivity index (χ1) is 13.9. The van der Waals surface area contributed by atoms with Gasteiger partial charge < -0.3 is 15.0 Å². The largest absolute Gasteiger partial charge is 0.396 e. The number of ketones is 1. The number of nitrogens with one attached hydrogen (secondary N) is 1. The Kier molecular flexibility index (Phi) is 4.03. The highest BCUT2D eigenvalue weighted by molar-refractivity contribution is 6.08. The number of aromatic amines is 1. The Balaban J connectivity index is 1.46. The first kappa shape index (κ1) is 18.3. The molecule has 2 aromatic heterocycles. The fourth-order valence-electron chi connectivity index (χ4n) is 4.60. The summed E-state index contributed by atoms with van der Waals surface area (Å²) in [5.74, 6) is 1.81. The number of nitrogens with zero attached hydrogens (tertiary/aromatic N) is 3. The summed E-state index contributed by atoms with van der Waals surface area (Å²) < 4.78 is 0. The molecule has 0 bridgehead atoms. The summed E-state index contributed by atoms with van der Waals surface area (Å²) in [6.07, 6.45) is 3.47. The van der Waals surface area contributed by atoms with Crippen molar-refractivity contribution in [3.63, 3.8) is 0 Å². The SMILES string of the molecule is CC(C)(C)C(=O)c1c[nH]c2ncc(-c3cccc(N4C[C@H]5C(CO)[C@@H]5C4)c3)nc12. The van der Waals surface area contributed by atoms with Crippen molar-refractivity contribution in [2.24, 2.45) is 23.2 Å². The van der Waals surface area contributed by atoms with Crippen molar-refractivity contribution in [1.82, 2.24) is 15.0 Å². The number of Topliss-reactive ketones (excluding diaryl/α,β-unsaturated/α-hetero) is 1. The topological polar surface area (TPSA) is 82.1 Å². The van der Waals surface area contributed by atoms with E-state index >= 15 is 0 Å². The number of hydrogen-bond donors (Lipinski definition) is 2. The highest BCUT2D eigenvalue weighted by Crippen LogP contribution is 2.52. The van der Waals surface area contributed by atoms with Crippen molar-refractivity contribution >= 4 is 22.6 Å². The molecule has 1 aromatic carbocycles.